The number of carbonyl (C=O) groups excluding carboxylic acids is 3. The van der Waals surface area contributed by atoms with E-state index in [2.05, 4.69) is 20.9 Å². The Hall–Kier alpha value is -3.35. The molecule has 0 aliphatic carbocycles. The van der Waals surface area contributed by atoms with Gasteiger partial charge in [-0.25, -0.2) is 0 Å². The van der Waals surface area contributed by atoms with Crippen molar-refractivity contribution in [2.45, 2.75) is 31.7 Å². The van der Waals surface area contributed by atoms with Gasteiger partial charge in [-0.15, -0.1) is 0 Å². The highest BCUT2D eigenvalue weighted by molar-refractivity contribution is 6.11. The molecule has 2 heterocycles. The van der Waals surface area contributed by atoms with E-state index < -0.39 is 11.9 Å². The minimum Gasteiger partial charge on any atom is -0.371 e. The van der Waals surface area contributed by atoms with Crippen LogP contribution in [-0.2, 0) is 9.59 Å². The highest BCUT2D eigenvalue weighted by atomic mass is 16.2. The minimum atomic E-state index is -0.930. The first-order chi connectivity index (χ1) is 14.1. The zero-order valence-electron chi connectivity index (χ0n) is 16.1. The van der Waals surface area contributed by atoms with Gasteiger partial charge in [0.2, 0.25) is 11.8 Å². The Bertz CT molecular complexity index is 937. The lowest BCUT2D eigenvalue weighted by molar-refractivity contribution is -0.122. The Morgan fingerprint density at radius 1 is 1.03 bits per heavy atom. The van der Waals surface area contributed by atoms with Crippen LogP contribution in [-0.4, -0.2) is 36.9 Å². The van der Waals surface area contributed by atoms with Crippen LogP contribution in [0.25, 0.3) is 0 Å². The number of anilines is 3. The molecule has 1 atom stereocenters. The first-order valence-electron chi connectivity index (χ1n) is 9.96. The number of carbonyl (C=O) groups is 3. The lowest BCUT2D eigenvalue weighted by Crippen LogP contribution is -2.43. The average molecular weight is 392 g/mol. The lowest BCUT2D eigenvalue weighted by atomic mass is 10.1. The maximum absolute atomic E-state index is 12.5. The maximum atomic E-state index is 12.5. The molecule has 3 amide bonds. The van der Waals surface area contributed by atoms with E-state index in [4.69, 9.17) is 0 Å². The van der Waals surface area contributed by atoms with Gasteiger partial charge < -0.3 is 20.9 Å². The number of nitrogens with one attached hydrogen (secondary N) is 3. The van der Waals surface area contributed by atoms with Crippen LogP contribution in [0, 0.1) is 0 Å². The fourth-order valence-electron chi connectivity index (χ4n) is 3.79. The van der Waals surface area contributed by atoms with Crippen molar-refractivity contribution in [3.8, 4) is 0 Å². The number of hydrogen-bond donors (Lipinski definition) is 3. The minimum absolute atomic E-state index is 0.139. The largest absolute Gasteiger partial charge is 0.371 e. The SMILES string of the molecule is O=C(C[C@H]1NC(=O)c2ccccc2NC1=O)Nc1cccc(N2CCCCC2)c1. The van der Waals surface area contributed by atoms with E-state index in [9.17, 15) is 14.4 Å². The number of fused-ring (bicyclic) bond motifs is 1. The van der Waals surface area contributed by atoms with Crippen molar-refractivity contribution in [1.82, 2.24) is 5.32 Å². The number of piperidine rings is 1. The smallest absolute Gasteiger partial charge is 0.254 e. The Labute approximate surface area is 169 Å². The first-order valence-corrected chi connectivity index (χ1v) is 9.96. The van der Waals surface area contributed by atoms with Crippen LogP contribution < -0.4 is 20.9 Å². The summed E-state index contributed by atoms with van der Waals surface area (Å²) in [4.78, 5) is 39.7. The first kappa shape index (κ1) is 19.0. The van der Waals surface area contributed by atoms with Crippen LogP contribution in [0.2, 0.25) is 0 Å². The lowest BCUT2D eigenvalue weighted by Gasteiger charge is -2.29. The number of benzene rings is 2. The zero-order valence-corrected chi connectivity index (χ0v) is 16.1. The van der Waals surface area contributed by atoms with E-state index >= 15 is 0 Å². The maximum Gasteiger partial charge on any atom is 0.254 e. The Morgan fingerprint density at radius 3 is 2.66 bits per heavy atom. The van der Waals surface area contributed by atoms with Crippen molar-refractivity contribution in [3.05, 3.63) is 54.1 Å². The molecule has 2 aliphatic rings. The molecule has 2 aromatic rings. The molecular formula is C22H24N4O3. The highest BCUT2D eigenvalue weighted by Crippen LogP contribution is 2.23. The molecular weight excluding hydrogens is 368 g/mol. The van der Waals surface area contributed by atoms with Gasteiger partial charge in [0.1, 0.15) is 6.04 Å². The summed E-state index contributed by atoms with van der Waals surface area (Å²) < 4.78 is 0. The molecule has 0 unspecified atom stereocenters. The molecule has 3 N–H and O–H groups in total. The van der Waals surface area contributed by atoms with Crippen LogP contribution in [0.4, 0.5) is 17.1 Å². The normalized spacial score (nSPS) is 18.9. The van der Waals surface area contributed by atoms with Crippen LogP contribution in [0.5, 0.6) is 0 Å². The number of hydrogen-bond acceptors (Lipinski definition) is 4. The summed E-state index contributed by atoms with van der Waals surface area (Å²) in [5, 5.41) is 8.21. The van der Waals surface area contributed by atoms with Gasteiger partial charge in [0, 0.05) is 24.5 Å². The molecule has 1 saturated heterocycles. The average Bonchev–Trinajstić information content (AvgIpc) is 2.85. The van der Waals surface area contributed by atoms with Crippen molar-refractivity contribution in [3.63, 3.8) is 0 Å². The summed E-state index contributed by atoms with van der Waals surface area (Å²) in [7, 11) is 0. The van der Waals surface area contributed by atoms with Gasteiger partial charge in [-0.2, -0.15) is 0 Å². The quantitative estimate of drug-likeness (QED) is 0.746. The number of amides is 3. The molecule has 0 aromatic heterocycles. The van der Waals surface area contributed by atoms with Crippen LogP contribution in [0.1, 0.15) is 36.0 Å². The van der Waals surface area contributed by atoms with Crippen LogP contribution in [0.3, 0.4) is 0 Å². The van der Waals surface area contributed by atoms with Gasteiger partial charge in [-0.3, -0.25) is 14.4 Å². The van der Waals surface area contributed by atoms with Gasteiger partial charge in [0.25, 0.3) is 5.91 Å². The number of para-hydroxylation sites is 1. The van der Waals surface area contributed by atoms with E-state index in [1.807, 2.05) is 24.3 Å². The topological polar surface area (TPSA) is 90.5 Å². The molecule has 0 spiro atoms. The molecule has 2 aliphatic heterocycles. The Balaban J connectivity index is 1.41. The van der Waals surface area contributed by atoms with E-state index in [0.717, 1.165) is 18.8 Å². The van der Waals surface area contributed by atoms with Crippen molar-refractivity contribution in [2.24, 2.45) is 0 Å². The summed E-state index contributed by atoms with van der Waals surface area (Å²) in [6.45, 7) is 2.04. The van der Waals surface area contributed by atoms with Gasteiger partial charge >= 0.3 is 0 Å². The molecule has 7 nitrogen and oxygen atoms in total. The van der Waals surface area contributed by atoms with Gasteiger partial charge in [0.05, 0.1) is 17.7 Å². The second kappa shape index (κ2) is 8.34. The summed E-state index contributed by atoms with van der Waals surface area (Å²) in [6, 6.07) is 13.6. The van der Waals surface area contributed by atoms with Crippen molar-refractivity contribution in [1.29, 1.82) is 0 Å². The predicted molar refractivity (Wildman–Crippen MR) is 112 cm³/mol. The molecule has 2 aromatic carbocycles. The molecule has 0 bridgehead atoms. The van der Waals surface area contributed by atoms with Crippen LogP contribution in [0.15, 0.2) is 48.5 Å². The van der Waals surface area contributed by atoms with Crippen molar-refractivity contribution >= 4 is 34.8 Å². The van der Waals surface area contributed by atoms with Crippen LogP contribution >= 0.6 is 0 Å². The molecule has 1 fully saturated rings. The van der Waals surface area contributed by atoms with E-state index in [-0.39, 0.29) is 18.2 Å². The fourth-order valence-corrected chi connectivity index (χ4v) is 3.79. The molecule has 7 heteroatoms. The zero-order chi connectivity index (χ0) is 20.2. The molecule has 0 saturated carbocycles. The van der Waals surface area contributed by atoms with Gasteiger partial charge in [0.15, 0.2) is 0 Å². The Kier molecular flexibility index (Phi) is 5.46. The Morgan fingerprint density at radius 2 is 1.83 bits per heavy atom. The van der Waals surface area contributed by atoms with Gasteiger partial charge in [-0.1, -0.05) is 18.2 Å². The monoisotopic (exact) mass is 392 g/mol. The molecule has 0 radical (unpaired) electrons. The number of rotatable bonds is 4. The van der Waals surface area contributed by atoms with E-state index in [0.29, 0.717) is 16.9 Å². The summed E-state index contributed by atoms with van der Waals surface area (Å²) >= 11 is 0. The van der Waals surface area contributed by atoms with Gasteiger partial charge in [-0.05, 0) is 49.6 Å². The second-order valence-electron chi connectivity index (χ2n) is 7.41. The second-order valence-corrected chi connectivity index (χ2v) is 7.41. The van der Waals surface area contributed by atoms with Crippen molar-refractivity contribution < 1.29 is 14.4 Å². The number of nitrogens with zero attached hydrogens (tertiary/aromatic N) is 1. The predicted octanol–water partition coefficient (Wildman–Crippen LogP) is 2.76. The summed E-state index contributed by atoms with van der Waals surface area (Å²) in [5.41, 5.74) is 2.60. The molecule has 4 rings (SSSR count). The third kappa shape index (κ3) is 4.39. The standard InChI is InChI=1S/C22H24N4O3/c27-20(23-15-7-6-8-16(13-15)26-11-4-1-5-12-26)14-19-22(29)24-18-10-3-2-9-17(18)21(28)25-19/h2-3,6-10,13,19H,1,4-5,11-12,14H2,(H,23,27)(H,24,29)(H,25,28)/t19-/m1/s1. The van der Waals surface area contributed by atoms with Crippen molar-refractivity contribution in [2.75, 3.05) is 28.6 Å². The third-order valence-corrected chi connectivity index (χ3v) is 5.29. The fraction of sp³-hybridized carbons (Fsp3) is 0.318. The summed E-state index contributed by atoms with van der Waals surface area (Å²) in [6.07, 6.45) is 3.47. The third-order valence-electron chi connectivity index (χ3n) is 5.29. The van der Waals surface area contributed by atoms with E-state index in [1.54, 1.807) is 24.3 Å². The molecule has 150 valence electrons. The van der Waals surface area contributed by atoms with E-state index in [1.165, 1.54) is 19.3 Å². The summed E-state index contributed by atoms with van der Waals surface area (Å²) in [5.74, 6) is -1.10. The molecule has 29 heavy (non-hydrogen) atoms. The highest BCUT2D eigenvalue weighted by Gasteiger charge is 2.29.